The van der Waals surface area contributed by atoms with Crippen molar-refractivity contribution in [3.8, 4) is 0 Å². The highest BCUT2D eigenvalue weighted by Crippen LogP contribution is 2.22. The maximum atomic E-state index is 12.9. The second kappa shape index (κ2) is 8.73. The number of benzene rings is 2. The van der Waals surface area contributed by atoms with Crippen LogP contribution in [0, 0.1) is 13.8 Å². The van der Waals surface area contributed by atoms with Crippen molar-refractivity contribution in [2.24, 2.45) is 0 Å². The number of carbonyl (C=O) groups excluding carboxylic acids is 1. The summed E-state index contributed by atoms with van der Waals surface area (Å²) >= 11 is 0. The maximum absolute atomic E-state index is 12.9. The van der Waals surface area contributed by atoms with Gasteiger partial charge in [-0.15, -0.1) is 0 Å². The van der Waals surface area contributed by atoms with Crippen LogP contribution in [0.4, 0.5) is 23.0 Å². The molecule has 0 aliphatic carbocycles. The first kappa shape index (κ1) is 20.3. The van der Waals surface area contributed by atoms with Gasteiger partial charge >= 0.3 is 0 Å². The molecule has 6 heteroatoms. The van der Waals surface area contributed by atoms with Crippen LogP contribution in [0.15, 0.2) is 48.5 Å². The molecule has 0 atom stereocenters. The molecular weight excluding hydrogens is 362 g/mol. The van der Waals surface area contributed by atoms with E-state index in [1.54, 1.807) is 6.07 Å². The van der Waals surface area contributed by atoms with Gasteiger partial charge in [-0.3, -0.25) is 4.79 Å². The summed E-state index contributed by atoms with van der Waals surface area (Å²) in [6.07, 6.45) is 0.843. The molecule has 0 spiro atoms. The number of anilines is 4. The number of hydrogen-bond donors (Lipinski definition) is 2. The van der Waals surface area contributed by atoms with Crippen molar-refractivity contribution >= 4 is 28.9 Å². The molecule has 1 aromatic heterocycles. The number of nitrogens with zero attached hydrogens (tertiary/aromatic N) is 3. The third-order valence-electron chi connectivity index (χ3n) is 4.71. The molecular formula is C23H27N5O. The zero-order valence-corrected chi connectivity index (χ0v) is 17.6. The smallest absolute Gasteiger partial charge is 0.274 e. The average Bonchev–Trinajstić information content (AvgIpc) is 2.69. The Morgan fingerprint density at radius 1 is 1.03 bits per heavy atom. The highest BCUT2D eigenvalue weighted by Gasteiger charge is 2.14. The molecule has 2 aromatic carbocycles. The third kappa shape index (κ3) is 4.90. The summed E-state index contributed by atoms with van der Waals surface area (Å²) in [4.78, 5) is 23.7. The van der Waals surface area contributed by atoms with E-state index in [1.807, 2.05) is 75.3 Å². The van der Waals surface area contributed by atoms with Gasteiger partial charge in [0.05, 0.1) is 0 Å². The van der Waals surface area contributed by atoms with E-state index in [2.05, 4.69) is 27.5 Å². The van der Waals surface area contributed by atoms with E-state index in [0.29, 0.717) is 11.6 Å². The predicted molar refractivity (Wildman–Crippen MR) is 119 cm³/mol. The van der Waals surface area contributed by atoms with Crippen molar-refractivity contribution < 1.29 is 4.79 Å². The molecule has 150 valence electrons. The van der Waals surface area contributed by atoms with Crippen molar-refractivity contribution in [3.63, 3.8) is 0 Å². The highest BCUT2D eigenvalue weighted by atomic mass is 16.1. The van der Waals surface area contributed by atoms with Crippen LogP contribution in [0.1, 0.15) is 34.2 Å². The maximum Gasteiger partial charge on any atom is 0.274 e. The van der Waals surface area contributed by atoms with Crippen LogP contribution in [0.3, 0.4) is 0 Å². The van der Waals surface area contributed by atoms with Crippen LogP contribution in [-0.2, 0) is 6.42 Å². The lowest BCUT2D eigenvalue weighted by atomic mass is 10.1. The summed E-state index contributed by atoms with van der Waals surface area (Å²) < 4.78 is 0. The lowest BCUT2D eigenvalue weighted by molar-refractivity contribution is 0.102. The predicted octanol–water partition coefficient (Wildman–Crippen LogP) is 4.72. The van der Waals surface area contributed by atoms with Gasteiger partial charge in [-0.2, -0.15) is 0 Å². The van der Waals surface area contributed by atoms with Crippen molar-refractivity contribution in [2.45, 2.75) is 27.2 Å². The van der Waals surface area contributed by atoms with Crippen molar-refractivity contribution in [1.29, 1.82) is 0 Å². The largest absolute Gasteiger partial charge is 0.378 e. The number of nitrogens with one attached hydrogen (secondary N) is 2. The fourth-order valence-corrected chi connectivity index (χ4v) is 3.09. The first-order valence-corrected chi connectivity index (χ1v) is 9.67. The summed E-state index contributed by atoms with van der Waals surface area (Å²) in [5.41, 5.74) is 6.00. The first-order valence-electron chi connectivity index (χ1n) is 9.67. The van der Waals surface area contributed by atoms with Crippen LogP contribution in [0.25, 0.3) is 0 Å². The van der Waals surface area contributed by atoms with Crippen LogP contribution >= 0.6 is 0 Å². The van der Waals surface area contributed by atoms with Gasteiger partial charge in [0.25, 0.3) is 5.91 Å². The molecule has 0 saturated carbocycles. The quantitative estimate of drug-likeness (QED) is 0.638. The number of amides is 1. The topological polar surface area (TPSA) is 70.2 Å². The van der Waals surface area contributed by atoms with Gasteiger partial charge < -0.3 is 15.5 Å². The Kier molecular flexibility index (Phi) is 6.12. The van der Waals surface area contributed by atoms with Gasteiger partial charge in [-0.05, 0) is 61.7 Å². The van der Waals surface area contributed by atoms with Gasteiger partial charge in [0.15, 0.2) is 0 Å². The number of aromatic nitrogens is 2. The highest BCUT2D eigenvalue weighted by molar-refractivity contribution is 6.04. The van der Waals surface area contributed by atoms with Gasteiger partial charge in [0, 0.05) is 36.9 Å². The van der Waals surface area contributed by atoms with Gasteiger partial charge in [0.1, 0.15) is 5.69 Å². The minimum absolute atomic E-state index is 0.245. The molecule has 3 rings (SSSR count). The first-order chi connectivity index (χ1) is 13.9. The zero-order chi connectivity index (χ0) is 21.0. The molecule has 0 radical (unpaired) electrons. The fraction of sp³-hybridized carbons (Fsp3) is 0.261. The number of aryl methyl sites for hydroxylation is 3. The lowest BCUT2D eigenvalue weighted by Crippen LogP contribution is -2.17. The van der Waals surface area contributed by atoms with E-state index < -0.39 is 0 Å². The van der Waals surface area contributed by atoms with Gasteiger partial charge in [0.2, 0.25) is 5.95 Å². The van der Waals surface area contributed by atoms with Crippen LogP contribution in [0.2, 0.25) is 0 Å². The van der Waals surface area contributed by atoms with Crippen molar-refractivity contribution in [2.75, 3.05) is 29.6 Å². The molecule has 0 unspecified atom stereocenters. The molecule has 0 saturated heterocycles. The lowest BCUT2D eigenvalue weighted by Gasteiger charge is -2.14. The normalized spacial score (nSPS) is 10.5. The standard InChI is InChI=1S/C23H27N5O/c1-6-17-9-7-8-15(2)21(17)27-22(29)20-14-16(3)24-23(26-20)25-18-10-12-19(13-11-18)28(4)5/h7-14H,6H2,1-5H3,(H,27,29)(H,24,25,26). The van der Waals surface area contributed by atoms with E-state index >= 15 is 0 Å². The Labute approximate surface area is 172 Å². The van der Waals surface area contributed by atoms with Crippen molar-refractivity contribution in [1.82, 2.24) is 9.97 Å². The van der Waals surface area contributed by atoms with Gasteiger partial charge in [-0.1, -0.05) is 25.1 Å². The second-order valence-corrected chi connectivity index (χ2v) is 7.20. The Bertz CT molecular complexity index is 1010. The zero-order valence-electron chi connectivity index (χ0n) is 17.6. The molecule has 29 heavy (non-hydrogen) atoms. The summed E-state index contributed by atoms with van der Waals surface area (Å²) in [6, 6.07) is 15.7. The number of carbonyl (C=O) groups is 1. The molecule has 0 bridgehead atoms. The van der Waals surface area contributed by atoms with Crippen LogP contribution < -0.4 is 15.5 Å². The summed E-state index contributed by atoms with van der Waals surface area (Å²) in [6.45, 7) is 5.91. The Morgan fingerprint density at radius 2 is 1.76 bits per heavy atom. The summed E-state index contributed by atoms with van der Waals surface area (Å²) in [5, 5.41) is 6.20. The fourth-order valence-electron chi connectivity index (χ4n) is 3.09. The number of para-hydroxylation sites is 1. The van der Waals surface area contributed by atoms with E-state index in [9.17, 15) is 4.79 Å². The molecule has 1 amide bonds. The molecule has 6 nitrogen and oxygen atoms in total. The number of rotatable bonds is 6. The molecule has 2 N–H and O–H groups in total. The van der Waals surface area contributed by atoms with Crippen molar-refractivity contribution in [3.05, 3.63) is 71.0 Å². The monoisotopic (exact) mass is 389 g/mol. The molecule has 0 fully saturated rings. The summed E-state index contributed by atoms with van der Waals surface area (Å²) in [7, 11) is 3.99. The molecule has 3 aromatic rings. The van der Waals surface area contributed by atoms with Gasteiger partial charge in [-0.25, -0.2) is 9.97 Å². The molecule has 0 aliphatic rings. The Hall–Kier alpha value is -3.41. The minimum Gasteiger partial charge on any atom is -0.378 e. The van der Waals surface area contributed by atoms with E-state index in [1.165, 1.54) is 0 Å². The van der Waals surface area contributed by atoms with Crippen LogP contribution in [-0.4, -0.2) is 30.0 Å². The second-order valence-electron chi connectivity index (χ2n) is 7.20. The molecule has 1 heterocycles. The molecule has 0 aliphatic heterocycles. The van der Waals surface area contributed by atoms with E-state index in [-0.39, 0.29) is 5.91 Å². The van der Waals surface area contributed by atoms with E-state index in [0.717, 1.165) is 40.3 Å². The third-order valence-corrected chi connectivity index (χ3v) is 4.71. The van der Waals surface area contributed by atoms with E-state index in [4.69, 9.17) is 0 Å². The Balaban J connectivity index is 1.82. The summed E-state index contributed by atoms with van der Waals surface area (Å²) in [5.74, 6) is 0.152. The minimum atomic E-state index is -0.245. The van der Waals surface area contributed by atoms with Crippen LogP contribution in [0.5, 0.6) is 0 Å². The average molecular weight is 390 g/mol. The Morgan fingerprint density at radius 3 is 2.41 bits per heavy atom. The SMILES string of the molecule is CCc1cccc(C)c1NC(=O)c1cc(C)nc(Nc2ccc(N(C)C)cc2)n1. The number of hydrogen-bond acceptors (Lipinski definition) is 5.